The topological polar surface area (TPSA) is 87.0 Å². The molecule has 0 bridgehead atoms. The second-order valence-corrected chi connectivity index (χ2v) is 6.90. The number of carbonyl (C=O) groups excluding carboxylic acids is 1. The third-order valence-electron chi connectivity index (χ3n) is 3.98. The minimum atomic E-state index is -0.938. The number of carbonyl (C=O) groups is 2. The van der Waals surface area contributed by atoms with E-state index >= 15 is 0 Å². The fourth-order valence-electron chi connectivity index (χ4n) is 2.91. The Labute approximate surface area is 141 Å². The first-order valence-electron chi connectivity index (χ1n) is 8.03. The summed E-state index contributed by atoms with van der Waals surface area (Å²) in [6.45, 7) is 3.97. The molecule has 5 nitrogen and oxygen atoms in total. The molecule has 0 aromatic heterocycles. The van der Waals surface area contributed by atoms with Crippen LogP contribution in [0.15, 0.2) is 46.7 Å². The molecular weight excluding hydrogens is 306 g/mol. The Morgan fingerprint density at radius 1 is 1.21 bits per heavy atom. The maximum atomic E-state index is 12.5. The van der Waals surface area contributed by atoms with Crippen LogP contribution in [-0.4, -0.2) is 34.2 Å². The first-order valence-corrected chi connectivity index (χ1v) is 8.03. The van der Waals surface area contributed by atoms with Crippen LogP contribution in [0.4, 0.5) is 0 Å². The number of allylic oxidation sites excluding steroid dienone is 2. The number of aliphatic carboxylic acids is 1. The SMILES string of the molecule is CC1(C)CC(=O)C(C(Cc2ccccc2)=NCCC(=O)O)=C(O)C1. The van der Waals surface area contributed by atoms with Crippen LogP contribution in [-0.2, 0) is 16.0 Å². The summed E-state index contributed by atoms with van der Waals surface area (Å²) in [6, 6.07) is 9.52. The Kier molecular flexibility index (Phi) is 5.54. The van der Waals surface area contributed by atoms with Gasteiger partial charge in [-0.25, -0.2) is 0 Å². The average Bonchev–Trinajstić information content (AvgIpc) is 2.45. The van der Waals surface area contributed by atoms with E-state index in [-0.39, 0.29) is 35.5 Å². The van der Waals surface area contributed by atoms with Gasteiger partial charge in [0.1, 0.15) is 5.76 Å². The Balaban J connectivity index is 2.34. The lowest BCUT2D eigenvalue weighted by Gasteiger charge is -2.30. The van der Waals surface area contributed by atoms with Gasteiger partial charge in [-0.3, -0.25) is 14.6 Å². The van der Waals surface area contributed by atoms with Gasteiger partial charge < -0.3 is 10.2 Å². The number of hydrogen-bond acceptors (Lipinski definition) is 4. The average molecular weight is 329 g/mol. The third-order valence-corrected chi connectivity index (χ3v) is 3.98. The van der Waals surface area contributed by atoms with E-state index in [1.165, 1.54) is 0 Å². The van der Waals surface area contributed by atoms with Gasteiger partial charge in [-0.2, -0.15) is 0 Å². The van der Waals surface area contributed by atoms with Crippen LogP contribution in [0.1, 0.15) is 38.7 Å². The highest BCUT2D eigenvalue weighted by atomic mass is 16.4. The van der Waals surface area contributed by atoms with E-state index in [0.717, 1.165) is 5.56 Å². The molecule has 0 unspecified atom stereocenters. The second kappa shape index (κ2) is 7.43. The number of aliphatic imine (C=N–C) groups is 1. The van der Waals surface area contributed by atoms with Crippen LogP contribution in [0.3, 0.4) is 0 Å². The number of benzene rings is 1. The summed E-state index contributed by atoms with van der Waals surface area (Å²) < 4.78 is 0. The van der Waals surface area contributed by atoms with E-state index < -0.39 is 5.97 Å². The Hall–Kier alpha value is -2.43. The molecule has 0 aliphatic heterocycles. The lowest BCUT2D eigenvalue weighted by atomic mass is 9.75. The van der Waals surface area contributed by atoms with Crippen LogP contribution in [0.5, 0.6) is 0 Å². The molecule has 0 amide bonds. The summed E-state index contributed by atoms with van der Waals surface area (Å²) in [7, 11) is 0. The smallest absolute Gasteiger partial charge is 0.305 e. The fourth-order valence-corrected chi connectivity index (χ4v) is 2.91. The van der Waals surface area contributed by atoms with Crippen LogP contribution in [0, 0.1) is 5.41 Å². The maximum absolute atomic E-state index is 12.5. The largest absolute Gasteiger partial charge is 0.511 e. The van der Waals surface area contributed by atoms with Crippen molar-refractivity contribution in [3.63, 3.8) is 0 Å². The van der Waals surface area contributed by atoms with Crippen molar-refractivity contribution in [2.24, 2.45) is 10.4 Å². The van der Waals surface area contributed by atoms with Crippen LogP contribution in [0.2, 0.25) is 0 Å². The van der Waals surface area contributed by atoms with E-state index in [4.69, 9.17) is 5.11 Å². The molecule has 1 aliphatic rings. The van der Waals surface area contributed by atoms with Crippen molar-refractivity contribution in [2.45, 2.75) is 39.5 Å². The first-order chi connectivity index (χ1) is 11.3. The molecule has 128 valence electrons. The summed E-state index contributed by atoms with van der Waals surface area (Å²) >= 11 is 0. The number of aliphatic hydroxyl groups excluding tert-OH is 1. The first kappa shape index (κ1) is 17.9. The highest BCUT2D eigenvalue weighted by Gasteiger charge is 2.34. The van der Waals surface area contributed by atoms with Crippen molar-refractivity contribution in [3.8, 4) is 0 Å². The molecule has 0 heterocycles. The Morgan fingerprint density at radius 3 is 2.46 bits per heavy atom. The van der Waals surface area contributed by atoms with Gasteiger partial charge in [0.2, 0.25) is 0 Å². The van der Waals surface area contributed by atoms with Gasteiger partial charge in [0.15, 0.2) is 5.78 Å². The summed E-state index contributed by atoms with van der Waals surface area (Å²) in [4.78, 5) is 27.6. The summed E-state index contributed by atoms with van der Waals surface area (Å²) in [5.41, 5.74) is 1.43. The molecular formula is C19H23NO4. The molecule has 1 aromatic rings. The van der Waals surface area contributed by atoms with Gasteiger partial charge in [-0.05, 0) is 11.0 Å². The standard InChI is InChI=1S/C19H23NO4/c1-19(2)11-15(21)18(16(22)12-19)14(20-9-8-17(23)24)10-13-6-4-3-5-7-13/h3-7,21H,8-12H2,1-2H3,(H,23,24). The highest BCUT2D eigenvalue weighted by Crippen LogP contribution is 2.36. The molecule has 0 fully saturated rings. The quantitative estimate of drug-likeness (QED) is 0.784. The number of rotatable bonds is 6. The maximum Gasteiger partial charge on any atom is 0.305 e. The van der Waals surface area contributed by atoms with E-state index in [9.17, 15) is 14.7 Å². The third kappa shape index (κ3) is 4.78. The molecule has 0 saturated heterocycles. The van der Waals surface area contributed by atoms with Gasteiger partial charge in [-0.15, -0.1) is 0 Å². The molecule has 0 saturated carbocycles. The molecule has 0 spiro atoms. The van der Waals surface area contributed by atoms with Crippen molar-refractivity contribution < 1.29 is 19.8 Å². The molecule has 24 heavy (non-hydrogen) atoms. The number of aliphatic hydroxyl groups is 1. The molecule has 0 radical (unpaired) electrons. The van der Waals surface area contributed by atoms with Crippen molar-refractivity contribution in [1.29, 1.82) is 0 Å². The van der Waals surface area contributed by atoms with Crippen LogP contribution < -0.4 is 0 Å². The highest BCUT2D eigenvalue weighted by molar-refractivity contribution is 6.23. The number of ketones is 1. The van der Waals surface area contributed by atoms with Gasteiger partial charge in [0, 0.05) is 25.8 Å². The number of Topliss-reactive ketones (excluding diaryl/α,β-unsaturated/α-hetero) is 1. The Bertz CT molecular complexity index is 687. The predicted octanol–water partition coefficient (Wildman–Crippen LogP) is 3.35. The van der Waals surface area contributed by atoms with E-state index in [1.54, 1.807) is 0 Å². The normalized spacial score (nSPS) is 17.9. The summed E-state index contributed by atoms with van der Waals surface area (Å²) in [5, 5.41) is 19.2. The molecule has 2 N–H and O–H groups in total. The predicted molar refractivity (Wildman–Crippen MR) is 92.4 cm³/mol. The lowest BCUT2D eigenvalue weighted by Crippen LogP contribution is -2.30. The number of carboxylic acids is 1. The van der Waals surface area contributed by atoms with Gasteiger partial charge in [0.25, 0.3) is 0 Å². The van der Waals surface area contributed by atoms with Crippen molar-refractivity contribution in [3.05, 3.63) is 47.2 Å². The second-order valence-electron chi connectivity index (χ2n) is 6.90. The number of carboxylic acid groups (broad SMARTS) is 1. The van der Waals surface area contributed by atoms with Gasteiger partial charge >= 0.3 is 5.97 Å². The van der Waals surface area contributed by atoms with E-state index in [0.29, 0.717) is 25.0 Å². The molecule has 0 atom stereocenters. The monoisotopic (exact) mass is 329 g/mol. The van der Waals surface area contributed by atoms with Crippen molar-refractivity contribution >= 4 is 17.5 Å². The van der Waals surface area contributed by atoms with Gasteiger partial charge in [0.05, 0.1) is 17.7 Å². The van der Waals surface area contributed by atoms with Gasteiger partial charge in [-0.1, -0.05) is 44.2 Å². The van der Waals surface area contributed by atoms with E-state index in [1.807, 2.05) is 44.2 Å². The zero-order valence-electron chi connectivity index (χ0n) is 14.1. The minimum absolute atomic E-state index is 0.0567. The molecule has 5 heteroatoms. The van der Waals surface area contributed by atoms with Crippen molar-refractivity contribution in [1.82, 2.24) is 0 Å². The fraction of sp³-hybridized carbons (Fsp3) is 0.421. The zero-order chi connectivity index (χ0) is 17.7. The summed E-state index contributed by atoms with van der Waals surface area (Å²) in [6.07, 6.45) is 1.05. The minimum Gasteiger partial charge on any atom is -0.511 e. The molecule has 2 rings (SSSR count). The molecule has 1 aromatic carbocycles. The summed E-state index contributed by atoms with van der Waals surface area (Å²) in [5.74, 6) is -1.01. The zero-order valence-corrected chi connectivity index (χ0v) is 14.1. The van der Waals surface area contributed by atoms with Crippen molar-refractivity contribution in [2.75, 3.05) is 6.54 Å². The number of hydrogen-bond donors (Lipinski definition) is 2. The Morgan fingerprint density at radius 2 is 1.88 bits per heavy atom. The van der Waals surface area contributed by atoms with E-state index in [2.05, 4.69) is 4.99 Å². The molecule has 1 aliphatic carbocycles. The van der Waals surface area contributed by atoms with Crippen LogP contribution >= 0.6 is 0 Å². The van der Waals surface area contributed by atoms with Crippen LogP contribution in [0.25, 0.3) is 0 Å². The lowest BCUT2D eigenvalue weighted by molar-refractivity contribution is -0.136. The number of nitrogens with zero attached hydrogens (tertiary/aromatic N) is 1.